The summed E-state index contributed by atoms with van der Waals surface area (Å²) < 4.78 is 6.84. The molecule has 0 fully saturated rings. The van der Waals surface area contributed by atoms with E-state index in [1.54, 1.807) is 22.8 Å². The molecule has 2 aromatic carbocycles. The van der Waals surface area contributed by atoms with Crippen molar-refractivity contribution in [2.24, 2.45) is 0 Å². The number of hydrogen-bond donors (Lipinski definition) is 1. The number of fused-ring (bicyclic) bond motifs is 1. The summed E-state index contributed by atoms with van der Waals surface area (Å²) in [6.07, 6.45) is 0.763. The van der Waals surface area contributed by atoms with E-state index in [1.807, 2.05) is 48.5 Å². The van der Waals surface area contributed by atoms with E-state index < -0.39 is 0 Å². The van der Waals surface area contributed by atoms with Crippen molar-refractivity contribution in [1.29, 1.82) is 0 Å². The van der Waals surface area contributed by atoms with Crippen LogP contribution in [0.5, 0.6) is 5.75 Å². The molecule has 0 radical (unpaired) electrons. The van der Waals surface area contributed by atoms with Gasteiger partial charge < -0.3 is 15.0 Å². The average Bonchev–Trinajstić information content (AvgIpc) is 3.16. The minimum Gasteiger partial charge on any atom is -0.497 e. The van der Waals surface area contributed by atoms with E-state index in [1.165, 1.54) is 0 Å². The Kier molecular flexibility index (Phi) is 6.23. The zero-order valence-electron chi connectivity index (χ0n) is 17.2. The van der Waals surface area contributed by atoms with Crippen molar-refractivity contribution in [2.75, 3.05) is 13.7 Å². The number of carbonyl (C=O) groups is 2. The number of amides is 2. The number of hydrogen-bond acceptors (Lipinski definition) is 4. The van der Waals surface area contributed by atoms with Gasteiger partial charge in [0.25, 0.3) is 11.8 Å². The largest absolute Gasteiger partial charge is 0.497 e. The van der Waals surface area contributed by atoms with Crippen molar-refractivity contribution < 1.29 is 14.3 Å². The molecule has 0 saturated carbocycles. The first-order valence-electron chi connectivity index (χ1n) is 10.1. The summed E-state index contributed by atoms with van der Waals surface area (Å²) in [7, 11) is 1.60. The number of carbonyl (C=O) groups excluding carboxylic acids is 2. The second-order valence-electron chi connectivity index (χ2n) is 7.38. The molecule has 0 unspecified atom stereocenters. The van der Waals surface area contributed by atoms with Crippen molar-refractivity contribution in [3.63, 3.8) is 0 Å². The van der Waals surface area contributed by atoms with E-state index >= 15 is 0 Å². The van der Waals surface area contributed by atoms with Gasteiger partial charge in [0, 0.05) is 37.3 Å². The summed E-state index contributed by atoms with van der Waals surface area (Å²) in [6.45, 7) is 2.04. The fourth-order valence-electron chi connectivity index (χ4n) is 3.56. The number of rotatable bonds is 6. The Bertz CT molecular complexity index is 1090. The summed E-state index contributed by atoms with van der Waals surface area (Å²) >= 11 is 5.95. The highest BCUT2D eigenvalue weighted by atomic mass is 35.5. The monoisotopic (exact) mass is 438 g/mol. The molecule has 1 aliphatic heterocycles. The SMILES string of the molecule is COc1cccc(CNC(=O)c2cc3n(n2)CCCN(Cc2ccc(Cl)cc2)C3=O)c1. The fraction of sp³-hybridized carbons (Fsp3) is 0.261. The molecule has 0 atom stereocenters. The number of ether oxygens (including phenoxy) is 1. The maximum atomic E-state index is 13.1. The molecule has 2 amide bonds. The lowest BCUT2D eigenvalue weighted by Gasteiger charge is -2.20. The van der Waals surface area contributed by atoms with Crippen LogP contribution < -0.4 is 10.1 Å². The van der Waals surface area contributed by atoms with E-state index in [-0.39, 0.29) is 17.5 Å². The number of aryl methyl sites for hydroxylation is 1. The highest BCUT2D eigenvalue weighted by Crippen LogP contribution is 2.18. The van der Waals surface area contributed by atoms with Crippen LogP contribution in [0.15, 0.2) is 54.6 Å². The van der Waals surface area contributed by atoms with Crippen LogP contribution in [0.4, 0.5) is 0 Å². The Morgan fingerprint density at radius 2 is 1.94 bits per heavy atom. The molecule has 1 N–H and O–H groups in total. The Hall–Kier alpha value is -3.32. The lowest BCUT2D eigenvalue weighted by molar-refractivity contribution is 0.0745. The van der Waals surface area contributed by atoms with Crippen molar-refractivity contribution in [2.45, 2.75) is 26.1 Å². The fourth-order valence-corrected chi connectivity index (χ4v) is 3.69. The number of nitrogens with zero attached hydrogens (tertiary/aromatic N) is 3. The molecule has 160 valence electrons. The third kappa shape index (κ3) is 4.88. The van der Waals surface area contributed by atoms with E-state index in [0.717, 1.165) is 23.3 Å². The first kappa shape index (κ1) is 20.9. The summed E-state index contributed by atoms with van der Waals surface area (Å²) in [4.78, 5) is 27.5. The minimum atomic E-state index is -0.319. The van der Waals surface area contributed by atoms with Gasteiger partial charge >= 0.3 is 0 Å². The van der Waals surface area contributed by atoms with Crippen LogP contribution in [0.25, 0.3) is 0 Å². The van der Waals surface area contributed by atoms with Crippen LogP contribution in [0, 0.1) is 0 Å². The molecule has 0 spiro atoms. The highest BCUT2D eigenvalue weighted by molar-refractivity contribution is 6.30. The molecular weight excluding hydrogens is 416 g/mol. The molecule has 4 rings (SSSR count). The number of halogens is 1. The second kappa shape index (κ2) is 9.22. The van der Waals surface area contributed by atoms with Gasteiger partial charge in [-0.1, -0.05) is 35.9 Å². The Balaban J connectivity index is 1.45. The highest BCUT2D eigenvalue weighted by Gasteiger charge is 2.26. The van der Waals surface area contributed by atoms with Gasteiger partial charge in [-0.3, -0.25) is 14.3 Å². The molecule has 3 aromatic rings. The van der Waals surface area contributed by atoms with Gasteiger partial charge in [0.2, 0.25) is 0 Å². The lowest BCUT2D eigenvalue weighted by Crippen LogP contribution is -2.30. The van der Waals surface area contributed by atoms with Gasteiger partial charge in [-0.2, -0.15) is 5.10 Å². The molecule has 1 aliphatic rings. The lowest BCUT2D eigenvalue weighted by atomic mass is 10.2. The van der Waals surface area contributed by atoms with E-state index in [0.29, 0.717) is 36.9 Å². The Labute approximate surface area is 185 Å². The van der Waals surface area contributed by atoms with Crippen molar-refractivity contribution >= 4 is 23.4 Å². The zero-order chi connectivity index (χ0) is 21.8. The minimum absolute atomic E-state index is 0.133. The Morgan fingerprint density at radius 1 is 1.13 bits per heavy atom. The normalized spacial score (nSPS) is 13.5. The third-order valence-electron chi connectivity index (χ3n) is 5.19. The van der Waals surface area contributed by atoms with Crippen LogP contribution in [-0.4, -0.2) is 40.1 Å². The number of methoxy groups -OCH3 is 1. The van der Waals surface area contributed by atoms with Gasteiger partial charge in [-0.05, 0) is 41.8 Å². The van der Waals surface area contributed by atoms with E-state index in [4.69, 9.17) is 16.3 Å². The van der Waals surface area contributed by atoms with E-state index in [2.05, 4.69) is 10.4 Å². The van der Waals surface area contributed by atoms with Gasteiger partial charge in [0.1, 0.15) is 11.4 Å². The van der Waals surface area contributed by atoms with E-state index in [9.17, 15) is 9.59 Å². The van der Waals surface area contributed by atoms with Gasteiger partial charge in [0.15, 0.2) is 5.69 Å². The molecule has 0 aliphatic carbocycles. The average molecular weight is 439 g/mol. The standard InChI is InChI=1S/C23H23ClN4O3/c1-31-19-5-2-4-17(12-19)14-25-22(29)20-13-21-23(30)27(10-3-11-28(21)26-20)15-16-6-8-18(24)9-7-16/h2,4-9,12-13H,3,10-11,14-15H2,1H3,(H,25,29). The predicted molar refractivity (Wildman–Crippen MR) is 117 cm³/mol. The number of benzene rings is 2. The summed E-state index contributed by atoms with van der Waals surface area (Å²) in [5, 5.41) is 7.89. The first-order chi connectivity index (χ1) is 15.0. The van der Waals surface area contributed by atoms with Crippen LogP contribution in [0.2, 0.25) is 5.02 Å². The summed E-state index contributed by atoms with van der Waals surface area (Å²) in [5.41, 5.74) is 2.58. The van der Waals surface area contributed by atoms with Crippen LogP contribution in [0.1, 0.15) is 38.5 Å². The quantitative estimate of drug-likeness (QED) is 0.638. The van der Waals surface area contributed by atoms with Crippen molar-refractivity contribution in [1.82, 2.24) is 20.0 Å². The molecule has 0 saturated heterocycles. The topological polar surface area (TPSA) is 76.5 Å². The van der Waals surface area contributed by atoms with Gasteiger partial charge in [-0.15, -0.1) is 0 Å². The van der Waals surface area contributed by atoms with Gasteiger partial charge in [-0.25, -0.2) is 0 Å². The maximum absolute atomic E-state index is 13.1. The molecular formula is C23H23ClN4O3. The molecule has 7 nitrogen and oxygen atoms in total. The Morgan fingerprint density at radius 3 is 2.71 bits per heavy atom. The molecule has 1 aromatic heterocycles. The van der Waals surface area contributed by atoms with Crippen LogP contribution >= 0.6 is 11.6 Å². The zero-order valence-corrected chi connectivity index (χ0v) is 17.9. The first-order valence-corrected chi connectivity index (χ1v) is 10.4. The maximum Gasteiger partial charge on any atom is 0.272 e. The van der Waals surface area contributed by atoms with Crippen molar-refractivity contribution in [3.8, 4) is 5.75 Å². The van der Waals surface area contributed by atoms with Crippen LogP contribution in [-0.2, 0) is 19.6 Å². The molecule has 31 heavy (non-hydrogen) atoms. The molecule has 0 bridgehead atoms. The summed E-state index contributed by atoms with van der Waals surface area (Å²) in [5.74, 6) is 0.277. The molecule has 8 heteroatoms. The van der Waals surface area contributed by atoms with Gasteiger partial charge in [0.05, 0.1) is 7.11 Å². The predicted octanol–water partition coefficient (Wildman–Crippen LogP) is 3.52. The summed E-state index contributed by atoms with van der Waals surface area (Å²) in [6, 6.07) is 16.5. The smallest absolute Gasteiger partial charge is 0.272 e. The van der Waals surface area contributed by atoms with Crippen LogP contribution in [0.3, 0.4) is 0 Å². The number of aromatic nitrogens is 2. The second-order valence-corrected chi connectivity index (χ2v) is 7.82. The van der Waals surface area contributed by atoms with Crippen molar-refractivity contribution in [3.05, 3.63) is 82.1 Å². The molecule has 2 heterocycles. The number of nitrogens with one attached hydrogen (secondary N) is 1. The third-order valence-corrected chi connectivity index (χ3v) is 5.44.